The van der Waals surface area contributed by atoms with E-state index in [-0.39, 0.29) is 30.1 Å². The molecule has 1 saturated carbocycles. The molecule has 9 nitrogen and oxygen atoms in total. The largest absolute Gasteiger partial charge is 0.490 e. The van der Waals surface area contributed by atoms with Gasteiger partial charge in [0.05, 0.1) is 24.3 Å². The second-order valence-corrected chi connectivity index (χ2v) is 13.2. The van der Waals surface area contributed by atoms with Gasteiger partial charge in [-0.25, -0.2) is 4.98 Å². The van der Waals surface area contributed by atoms with Crippen molar-refractivity contribution < 1.29 is 38.4 Å². The molecule has 2 aliphatic rings. The van der Waals surface area contributed by atoms with Crippen molar-refractivity contribution in [3.05, 3.63) is 95.7 Å². The summed E-state index contributed by atoms with van der Waals surface area (Å²) in [6.07, 6.45) is 4.08. The quantitative estimate of drug-likeness (QED) is 0.0772. The summed E-state index contributed by atoms with van der Waals surface area (Å²) in [5, 5.41) is 11.6. The maximum absolute atomic E-state index is 13.7. The number of aliphatic hydroxyl groups is 1. The molecule has 0 amide bonds. The zero-order valence-electron chi connectivity index (χ0n) is 28.7. The van der Waals surface area contributed by atoms with Crippen LogP contribution in [-0.2, 0) is 9.53 Å². The molecule has 262 valence electrons. The topological polar surface area (TPSA) is 121 Å². The highest BCUT2D eigenvalue weighted by atomic mass is 16.5. The number of ketones is 2. The van der Waals surface area contributed by atoms with Gasteiger partial charge in [0.15, 0.2) is 11.6 Å². The van der Waals surface area contributed by atoms with Crippen LogP contribution in [0.25, 0.3) is 10.9 Å². The van der Waals surface area contributed by atoms with Crippen molar-refractivity contribution in [1.29, 1.82) is 0 Å². The molecule has 0 spiro atoms. The Bertz CT molecular complexity index is 1810. The van der Waals surface area contributed by atoms with Crippen molar-refractivity contribution in [1.82, 2.24) is 4.98 Å². The van der Waals surface area contributed by atoms with Crippen molar-refractivity contribution in [3.8, 4) is 17.2 Å². The predicted molar refractivity (Wildman–Crippen MR) is 189 cm³/mol. The van der Waals surface area contributed by atoms with Gasteiger partial charge in [-0.15, -0.1) is 0 Å². The number of nitrogens with zero attached hydrogens (tertiary/aromatic N) is 1. The maximum atomic E-state index is 13.7. The number of unbranched alkanes of at least 4 members (excludes halogenated alkanes) is 1. The van der Waals surface area contributed by atoms with Gasteiger partial charge in [0, 0.05) is 22.9 Å². The minimum atomic E-state index is -1.09. The van der Waals surface area contributed by atoms with E-state index < -0.39 is 18.1 Å². The highest BCUT2D eigenvalue weighted by Crippen LogP contribution is 2.38. The Balaban J connectivity index is 1.13. The van der Waals surface area contributed by atoms with Crippen LogP contribution in [-0.4, -0.2) is 59.7 Å². The van der Waals surface area contributed by atoms with E-state index in [0.717, 1.165) is 36.8 Å². The van der Waals surface area contributed by atoms with Crippen LogP contribution in [0.4, 0.5) is 0 Å². The van der Waals surface area contributed by atoms with E-state index >= 15 is 0 Å². The molecule has 1 fully saturated rings. The second kappa shape index (κ2) is 16.3. The molecule has 4 aromatic rings. The number of carbonyl (C=O) groups is 3. The fourth-order valence-electron chi connectivity index (χ4n) is 6.79. The van der Waals surface area contributed by atoms with Gasteiger partial charge < -0.3 is 24.1 Å². The number of Topliss-reactive ketones (excluding diaryl/α,β-unsaturated/α-hetero) is 2. The number of aliphatic hydroxyl groups excluding tert-OH is 1. The fourth-order valence-corrected chi connectivity index (χ4v) is 6.79. The molecular weight excluding hydrogens is 634 g/mol. The third-order valence-corrected chi connectivity index (χ3v) is 9.78. The number of ether oxygens (including phenoxy) is 4. The van der Waals surface area contributed by atoms with Crippen molar-refractivity contribution in [3.63, 3.8) is 0 Å². The fraction of sp³-hybridized carbons (Fsp3) is 0.415. The number of aromatic nitrogens is 1. The van der Waals surface area contributed by atoms with Gasteiger partial charge >= 0.3 is 5.97 Å². The Morgan fingerprint density at radius 3 is 2.44 bits per heavy atom. The van der Waals surface area contributed by atoms with E-state index in [2.05, 4.69) is 13.8 Å². The first kappa shape index (κ1) is 35.1. The monoisotopic (exact) mass is 679 g/mol. The van der Waals surface area contributed by atoms with Crippen molar-refractivity contribution in [2.75, 3.05) is 19.8 Å². The van der Waals surface area contributed by atoms with Crippen molar-refractivity contribution in [2.45, 2.75) is 76.9 Å². The molecule has 3 aromatic carbocycles. The first-order valence-corrected chi connectivity index (χ1v) is 17.8. The Labute approximate surface area is 292 Å². The van der Waals surface area contributed by atoms with Gasteiger partial charge in [0.25, 0.3) is 0 Å². The molecule has 2 aliphatic carbocycles. The zero-order valence-corrected chi connectivity index (χ0v) is 28.7. The van der Waals surface area contributed by atoms with Gasteiger partial charge in [-0.1, -0.05) is 69.5 Å². The number of hydrogen-bond acceptors (Lipinski definition) is 9. The molecule has 9 heteroatoms. The normalized spacial score (nSPS) is 20.7. The van der Waals surface area contributed by atoms with E-state index in [9.17, 15) is 19.5 Å². The van der Waals surface area contributed by atoms with Crippen LogP contribution < -0.4 is 14.2 Å². The number of hydrogen-bond donors (Lipinski definition) is 1. The number of carbonyl (C=O) groups excluding carboxylic acids is 3. The summed E-state index contributed by atoms with van der Waals surface area (Å²) in [7, 11) is 0. The van der Waals surface area contributed by atoms with Gasteiger partial charge in [0.1, 0.15) is 48.0 Å². The molecule has 5 unspecified atom stereocenters. The van der Waals surface area contributed by atoms with E-state index in [1.54, 1.807) is 30.3 Å². The average molecular weight is 680 g/mol. The highest BCUT2D eigenvalue weighted by molar-refractivity contribution is 6.29. The Kier molecular flexibility index (Phi) is 11.4. The Morgan fingerprint density at radius 2 is 1.66 bits per heavy atom. The lowest BCUT2D eigenvalue weighted by Crippen LogP contribution is -2.41. The van der Waals surface area contributed by atoms with Crippen LogP contribution in [0.5, 0.6) is 17.2 Å². The van der Waals surface area contributed by atoms with Crippen LogP contribution in [0, 0.1) is 11.8 Å². The number of fused-ring (bicyclic) bond motifs is 2. The van der Waals surface area contributed by atoms with Gasteiger partial charge in [-0.3, -0.25) is 14.4 Å². The molecule has 1 N–H and O–H groups in total. The van der Waals surface area contributed by atoms with Crippen LogP contribution in [0.2, 0.25) is 0 Å². The third kappa shape index (κ3) is 7.99. The van der Waals surface area contributed by atoms with Gasteiger partial charge in [0.2, 0.25) is 0 Å². The first-order valence-electron chi connectivity index (χ1n) is 17.8. The van der Waals surface area contributed by atoms with Crippen molar-refractivity contribution >= 4 is 28.4 Å². The summed E-state index contributed by atoms with van der Waals surface area (Å²) < 4.78 is 23.6. The van der Waals surface area contributed by atoms with Crippen LogP contribution >= 0.6 is 0 Å². The lowest BCUT2D eigenvalue weighted by Gasteiger charge is -2.32. The summed E-state index contributed by atoms with van der Waals surface area (Å²) in [4.78, 5) is 45.1. The molecule has 1 heterocycles. The van der Waals surface area contributed by atoms with E-state index in [1.807, 2.05) is 48.5 Å². The van der Waals surface area contributed by atoms with Crippen LogP contribution in [0.3, 0.4) is 0 Å². The Morgan fingerprint density at radius 1 is 0.880 bits per heavy atom. The molecule has 6 rings (SSSR count). The number of esters is 1. The summed E-state index contributed by atoms with van der Waals surface area (Å²) in [6.45, 7) is 5.28. The smallest absolute Gasteiger partial charge is 0.309 e. The Hall–Kier alpha value is -4.76. The SMILES string of the molecule is CCCCC(CC)COC(=O)C1CCC(O)C(Oc2cccc3ccc(C4C(=O)c5ccc(OCCOc6ccccc6)cc5C4=O)nc23)C1. The van der Waals surface area contributed by atoms with Gasteiger partial charge in [-0.2, -0.15) is 0 Å². The van der Waals surface area contributed by atoms with Crippen molar-refractivity contribution in [2.24, 2.45) is 11.8 Å². The molecule has 0 saturated heterocycles. The predicted octanol–water partition coefficient (Wildman–Crippen LogP) is 7.52. The summed E-state index contributed by atoms with van der Waals surface area (Å²) in [6, 6.07) is 23.3. The zero-order chi connectivity index (χ0) is 35.0. The summed E-state index contributed by atoms with van der Waals surface area (Å²) in [5.74, 6) is -0.401. The standard InChI is InChI=1S/C41H45NO8/c1-3-5-10-26(4-2)25-49-41(46)28-16-20-34(43)36(23-28)50-35-14-9-11-27-15-19-33(42-38(27)35)37-39(44)31-18-17-30(24-32(31)40(37)45)48-22-21-47-29-12-7-6-8-13-29/h6-9,11-15,17-19,24,26,28,34,36-37,43H,3-5,10,16,20-23,25H2,1-2H3. The lowest BCUT2D eigenvalue weighted by atomic mass is 9.85. The number of rotatable bonds is 15. The third-order valence-electron chi connectivity index (χ3n) is 9.78. The van der Waals surface area contributed by atoms with E-state index in [4.69, 9.17) is 23.9 Å². The number of benzene rings is 3. The van der Waals surface area contributed by atoms with E-state index in [1.165, 1.54) is 0 Å². The molecular formula is C41H45NO8. The van der Waals surface area contributed by atoms with E-state index in [0.29, 0.717) is 72.2 Å². The second-order valence-electron chi connectivity index (χ2n) is 13.2. The summed E-state index contributed by atoms with van der Waals surface area (Å²) >= 11 is 0. The maximum Gasteiger partial charge on any atom is 0.309 e. The first-order chi connectivity index (χ1) is 24.4. The van der Waals surface area contributed by atoms with Crippen LogP contribution in [0.1, 0.15) is 91.1 Å². The van der Waals surface area contributed by atoms with Crippen LogP contribution in [0.15, 0.2) is 78.9 Å². The molecule has 1 aromatic heterocycles. The molecule has 0 bridgehead atoms. The summed E-state index contributed by atoms with van der Waals surface area (Å²) in [5.41, 5.74) is 1.42. The molecule has 5 atom stereocenters. The molecule has 50 heavy (non-hydrogen) atoms. The highest BCUT2D eigenvalue weighted by Gasteiger charge is 2.41. The number of pyridine rings is 1. The minimum absolute atomic E-state index is 0.245. The lowest BCUT2D eigenvalue weighted by molar-refractivity contribution is -0.154. The molecule has 0 radical (unpaired) electrons. The number of para-hydroxylation sites is 2. The molecule has 0 aliphatic heterocycles. The van der Waals surface area contributed by atoms with Gasteiger partial charge in [-0.05, 0) is 67.6 Å². The minimum Gasteiger partial charge on any atom is -0.490 e. The average Bonchev–Trinajstić information content (AvgIpc) is 3.39.